The van der Waals surface area contributed by atoms with E-state index < -0.39 is 0 Å². The Balaban J connectivity index is 2.26. The number of rotatable bonds is 6. The first-order valence-electron chi connectivity index (χ1n) is 7.25. The molecule has 0 saturated heterocycles. The highest BCUT2D eigenvalue weighted by atomic mass is 15.1. The van der Waals surface area contributed by atoms with Gasteiger partial charge in [0.25, 0.3) is 0 Å². The standard InChI is InChI=1S/C15H32N2/c1-12(10-16-15(3,4)5)13(2)17(6)11-14-8-7-9-14/h12-14,16H,7-11H2,1-6H3. The van der Waals surface area contributed by atoms with Gasteiger partial charge in [0.05, 0.1) is 0 Å². The Labute approximate surface area is 108 Å². The largest absolute Gasteiger partial charge is 0.312 e. The van der Waals surface area contributed by atoms with Crippen LogP contribution in [0.1, 0.15) is 53.9 Å². The maximum atomic E-state index is 3.61. The average Bonchev–Trinajstić information content (AvgIpc) is 2.17. The summed E-state index contributed by atoms with van der Waals surface area (Å²) >= 11 is 0. The molecule has 2 nitrogen and oxygen atoms in total. The molecule has 17 heavy (non-hydrogen) atoms. The van der Waals surface area contributed by atoms with E-state index in [2.05, 4.69) is 51.9 Å². The van der Waals surface area contributed by atoms with Crippen molar-refractivity contribution in [2.45, 2.75) is 65.5 Å². The van der Waals surface area contributed by atoms with Crippen LogP contribution in [0.5, 0.6) is 0 Å². The van der Waals surface area contributed by atoms with Gasteiger partial charge >= 0.3 is 0 Å². The van der Waals surface area contributed by atoms with Gasteiger partial charge in [-0.3, -0.25) is 0 Å². The molecule has 0 aromatic rings. The fourth-order valence-electron chi connectivity index (χ4n) is 2.32. The minimum atomic E-state index is 0.237. The topological polar surface area (TPSA) is 15.3 Å². The second-order valence-corrected chi connectivity index (χ2v) is 7.09. The Kier molecular flexibility index (Phi) is 5.46. The van der Waals surface area contributed by atoms with Crippen LogP contribution in [0.4, 0.5) is 0 Å². The van der Waals surface area contributed by atoms with E-state index in [1.165, 1.54) is 25.8 Å². The van der Waals surface area contributed by atoms with Crippen molar-refractivity contribution in [3.8, 4) is 0 Å². The highest BCUT2D eigenvalue weighted by Crippen LogP contribution is 2.27. The Morgan fingerprint density at radius 3 is 2.24 bits per heavy atom. The van der Waals surface area contributed by atoms with Crippen molar-refractivity contribution >= 4 is 0 Å². The maximum Gasteiger partial charge on any atom is 0.0102 e. The molecule has 0 heterocycles. The van der Waals surface area contributed by atoms with Crippen LogP contribution in [0.2, 0.25) is 0 Å². The molecule has 0 aromatic carbocycles. The van der Waals surface area contributed by atoms with Gasteiger partial charge in [-0.2, -0.15) is 0 Å². The molecule has 0 bridgehead atoms. The molecule has 102 valence electrons. The van der Waals surface area contributed by atoms with Gasteiger partial charge < -0.3 is 10.2 Å². The predicted molar refractivity (Wildman–Crippen MR) is 76.4 cm³/mol. The second kappa shape index (κ2) is 6.19. The van der Waals surface area contributed by atoms with Crippen LogP contribution in [0, 0.1) is 11.8 Å². The fraction of sp³-hybridized carbons (Fsp3) is 1.00. The molecular weight excluding hydrogens is 208 g/mol. The van der Waals surface area contributed by atoms with Crippen LogP contribution < -0.4 is 5.32 Å². The average molecular weight is 240 g/mol. The summed E-state index contributed by atoms with van der Waals surface area (Å²) in [6.07, 6.45) is 4.35. The van der Waals surface area contributed by atoms with E-state index in [0.717, 1.165) is 12.5 Å². The molecule has 0 radical (unpaired) electrons. The molecule has 0 spiro atoms. The zero-order chi connectivity index (χ0) is 13.1. The lowest BCUT2D eigenvalue weighted by Crippen LogP contribution is -2.45. The van der Waals surface area contributed by atoms with Crippen LogP contribution in [-0.4, -0.2) is 36.6 Å². The van der Waals surface area contributed by atoms with Gasteiger partial charge in [0.1, 0.15) is 0 Å². The van der Waals surface area contributed by atoms with E-state index in [-0.39, 0.29) is 5.54 Å². The van der Waals surface area contributed by atoms with Gasteiger partial charge in [-0.05, 0) is 66.0 Å². The lowest BCUT2D eigenvalue weighted by atomic mass is 9.84. The zero-order valence-electron chi connectivity index (χ0n) is 12.7. The van der Waals surface area contributed by atoms with Crippen molar-refractivity contribution in [1.29, 1.82) is 0 Å². The van der Waals surface area contributed by atoms with Crippen LogP contribution >= 0.6 is 0 Å². The highest BCUT2D eigenvalue weighted by Gasteiger charge is 2.24. The molecule has 0 aliphatic heterocycles. The van der Waals surface area contributed by atoms with Crippen LogP contribution in [0.15, 0.2) is 0 Å². The smallest absolute Gasteiger partial charge is 0.0102 e. The van der Waals surface area contributed by atoms with E-state index in [0.29, 0.717) is 12.0 Å². The van der Waals surface area contributed by atoms with Crippen LogP contribution in [0.25, 0.3) is 0 Å². The summed E-state index contributed by atoms with van der Waals surface area (Å²) in [5.41, 5.74) is 0.237. The van der Waals surface area contributed by atoms with E-state index in [9.17, 15) is 0 Å². The van der Waals surface area contributed by atoms with Crippen molar-refractivity contribution < 1.29 is 0 Å². The molecule has 1 saturated carbocycles. The lowest BCUT2D eigenvalue weighted by Gasteiger charge is -2.36. The zero-order valence-corrected chi connectivity index (χ0v) is 12.7. The van der Waals surface area contributed by atoms with Crippen molar-refractivity contribution in [3.05, 3.63) is 0 Å². The number of nitrogens with one attached hydrogen (secondary N) is 1. The van der Waals surface area contributed by atoms with Gasteiger partial charge in [0.2, 0.25) is 0 Å². The van der Waals surface area contributed by atoms with Crippen LogP contribution in [-0.2, 0) is 0 Å². The Morgan fingerprint density at radius 1 is 1.24 bits per heavy atom. The van der Waals surface area contributed by atoms with Crippen molar-refractivity contribution in [2.75, 3.05) is 20.1 Å². The fourth-order valence-corrected chi connectivity index (χ4v) is 2.32. The predicted octanol–water partition coefficient (Wildman–Crippen LogP) is 3.13. The summed E-state index contributed by atoms with van der Waals surface area (Å²) in [6.45, 7) is 13.8. The first-order chi connectivity index (χ1) is 7.79. The molecule has 1 rings (SSSR count). The Hall–Kier alpha value is -0.0800. The molecule has 0 aromatic heterocycles. The quantitative estimate of drug-likeness (QED) is 0.767. The summed E-state index contributed by atoms with van der Waals surface area (Å²) in [5, 5.41) is 3.61. The van der Waals surface area contributed by atoms with E-state index in [1.807, 2.05) is 0 Å². The lowest BCUT2D eigenvalue weighted by molar-refractivity contribution is 0.135. The third-order valence-electron chi connectivity index (χ3n) is 4.24. The van der Waals surface area contributed by atoms with Gasteiger partial charge in [0.15, 0.2) is 0 Å². The highest BCUT2D eigenvalue weighted by molar-refractivity contribution is 4.80. The minimum Gasteiger partial charge on any atom is -0.312 e. The summed E-state index contributed by atoms with van der Waals surface area (Å²) in [5.74, 6) is 1.68. The number of nitrogens with zero attached hydrogens (tertiary/aromatic N) is 1. The molecule has 1 aliphatic carbocycles. The third-order valence-corrected chi connectivity index (χ3v) is 4.24. The molecule has 1 N–H and O–H groups in total. The third kappa shape index (κ3) is 5.39. The monoisotopic (exact) mass is 240 g/mol. The van der Waals surface area contributed by atoms with E-state index >= 15 is 0 Å². The molecule has 0 amide bonds. The minimum absolute atomic E-state index is 0.237. The Morgan fingerprint density at radius 2 is 1.82 bits per heavy atom. The van der Waals surface area contributed by atoms with E-state index in [1.54, 1.807) is 0 Å². The number of hydrogen-bond acceptors (Lipinski definition) is 2. The van der Waals surface area contributed by atoms with Crippen molar-refractivity contribution in [1.82, 2.24) is 10.2 Å². The van der Waals surface area contributed by atoms with Gasteiger partial charge in [-0.1, -0.05) is 13.3 Å². The summed E-state index contributed by atoms with van der Waals surface area (Å²) in [4.78, 5) is 2.55. The van der Waals surface area contributed by atoms with Gasteiger partial charge in [-0.25, -0.2) is 0 Å². The second-order valence-electron chi connectivity index (χ2n) is 7.09. The van der Waals surface area contributed by atoms with Gasteiger partial charge in [0, 0.05) is 18.1 Å². The van der Waals surface area contributed by atoms with E-state index in [4.69, 9.17) is 0 Å². The molecule has 1 aliphatic rings. The molecular formula is C15H32N2. The summed E-state index contributed by atoms with van der Waals surface area (Å²) < 4.78 is 0. The molecule has 1 fully saturated rings. The summed E-state index contributed by atoms with van der Waals surface area (Å²) in [6, 6.07) is 0.672. The van der Waals surface area contributed by atoms with Crippen molar-refractivity contribution in [3.63, 3.8) is 0 Å². The Bertz CT molecular complexity index is 215. The normalized spacial score (nSPS) is 21.4. The van der Waals surface area contributed by atoms with Gasteiger partial charge in [-0.15, -0.1) is 0 Å². The first-order valence-corrected chi connectivity index (χ1v) is 7.25. The summed E-state index contributed by atoms with van der Waals surface area (Å²) in [7, 11) is 2.29. The first kappa shape index (κ1) is 15.0. The molecule has 2 atom stereocenters. The SMILES string of the molecule is CC(CNC(C)(C)C)C(C)N(C)CC1CCC1. The number of hydrogen-bond donors (Lipinski definition) is 1. The van der Waals surface area contributed by atoms with Crippen LogP contribution in [0.3, 0.4) is 0 Å². The molecule has 2 unspecified atom stereocenters. The maximum absolute atomic E-state index is 3.61. The molecule has 2 heteroatoms. The van der Waals surface area contributed by atoms with Crippen molar-refractivity contribution in [2.24, 2.45) is 11.8 Å².